The van der Waals surface area contributed by atoms with Gasteiger partial charge in [0.25, 0.3) is 5.91 Å². The van der Waals surface area contributed by atoms with E-state index in [9.17, 15) is 4.79 Å². The summed E-state index contributed by atoms with van der Waals surface area (Å²) in [7, 11) is 2.09. The summed E-state index contributed by atoms with van der Waals surface area (Å²) in [5.74, 6) is 0.332. The molecular formula is C21H27ClN4O. The average Bonchev–Trinajstić information content (AvgIpc) is 2.69. The van der Waals surface area contributed by atoms with Gasteiger partial charge in [-0.1, -0.05) is 23.7 Å². The highest BCUT2D eigenvalue weighted by Crippen LogP contribution is 2.27. The molecule has 0 spiro atoms. The predicted octanol–water partition coefficient (Wildman–Crippen LogP) is 4.30. The van der Waals surface area contributed by atoms with E-state index >= 15 is 0 Å². The van der Waals surface area contributed by atoms with Gasteiger partial charge in [0.15, 0.2) is 0 Å². The lowest BCUT2D eigenvalue weighted by Crippen LogP contribution is -2.46. The van der Waals surface area contributed by atoms with Gasteiger partial charge in [-0.15, -0.1) is 0 Å². The monoisotopic (exact) mass is 386 g/mol. The zero-order chi connectivity index (χ0) is 19.4. The molecule has 1 aromatic heterocycles. The molecule has 0 bridgehead atoms. The van der Waals surface area contributed by atoms with Crippen LogP contribution in [0.25, 0.3) is 0 Å². The quantitative estimate of drug-likeness (QED) is 0.832. The van der Waals surface area contributed by atoms with Crippen molar-refractivity contribution in [2.75, 3.05) is 30.4 Å². The Hall–Kier alpha value is -2.11. The molecule has 0 unspecified atom stereocenters. The smallest absolute Gasteiger partial charge is 0.258 e. The fourth-order valence-corrected chi connectivity index (χ4v) is 3.70. The number of halogens is 1. The molecule has 1 N–H and O–H groups in total. The topological polar surface area (TPSA) is 48.5 Å². The maximum absolute atomic E-state index is 12.8. The number of rotatable bonds is 5. The van der Waals surface area contributed by atoms with Crippen molar-refractivity contribution in [3.63, 3.8) is 0 Å². The summed E-state index contributed by atoms with van der Waals surface area (Å²) in [4.78, 5) is 21.7. The molecule has 0 aliphatic carbocycles. The van der Waals surface area contributed by atoms with Crippen LogP contribution in [-0.4, -0.2) is 48.0 Å². The van der Waals surface area contributed by atoms with Crippen LogP contribution in [0.5, 0.6) is 0 Å². The van der Waals surface area contributed by atoms with E-state index in [1.54, 1.807) is 12.1 Å². The molecule has 2 aromatic rings. The van der Waals surface area contributed by atoms with Crippen LogP contribution >= 0.6 is 11.6 Å². The summed E-state index contributed by atoms with van der Waals surface area (Å²) in [5.41, 5.74) is 1.61. The molecule has 0 atom stereocenters. The van der Waals surface area contributed by atoms with Crippen LogP contribution in [0.15, 0.2) is 42.6 Å². The number of aromatic nitrogens is 1. The van der Waals surface area contributed by atoms with Gasteiger partial charge in [-0.3, -0.25) is 4.79 Å². The van der Waals surface area contributed by atoms with Crippen LogP contribution in [0.2, 0.25) is 5.02 Å². The fourth-order valence-electron chi connectivity index (χ4n) is 3.59. The minimum Gasteiger partial charge on any atom is -0.371 e. The second kappa shape index (κ2) is 8.72. The number of hydrogen-bond donors (Lipinski definition) is 1. The summed E-state index contributed by atoms with van der Waals surface area (Å²) in [6, 6.07) is 12.2. The van der Waals surface area contributed by atoms with Gasteiger partial charge in [-0.2, -0.15) is 0 Å². The van der Waals surface area contributed by atoms with Gasteiger partial charge in [0.1, 0.15) is 5.82 Å². The molecule has 3 rings (SSSR count). The largest absolute Gasteiger partial charge is 0.371 e. The highest BCUT2D eigenvalue weighted by atomic mass is 35.5. The zero-order valence-corrected chi connectivity index (χ0v) is 16.9. The molecule has 1 aliphatic heterocycles. The highest BCUT2D eigenvalue weighted by molar-refractivity contribution is 6.30. The summed E-state index contributed by atoms with van der Waals surface area (Å²) in [6.07, 6.45) is 3.73. The number of hydrogen-bond acceptors (Lipinski definition) is 4. The van der Waals surface area contributed by atoms with E-state index in [0.29, 0.717) is 28.5 Å². The predicted molar refractivity (Wildman–Crippen MR) is 112 cm³/mol. The van der Waals surface area contributed by atoms with E-state index in [0.717, 1.165) is 31.6 Å². The van der Waals surface area contributed by atoms with Crippen molar-refractivity contribution in [2.24, 2.45) is 0 Å². The Morgan fingerprint density at radius 2 is 1.93 bits per heavy atom. The third kappa shape index (κ3) is 4.79. The van der Waals surface area contributed by atoms with Crippen molar-refractivity contribution >= 4 is 29.0 Å². The molecule has 1 amide bonds. The normalized spacial score (nSPS) is 15.7. The summed E-state index contributed by atoms with van der Waals surface area (Å²) >= 11 is 5.86. The average molecular weight is 387 g/mol. The minimum absolute atomic E-state index is 0.160. The van der Waals surface area contributed by atoms with Crippen molar-refractivity contribution in [3.05, 3.63) is 53.2 Å². The lowest BCUT2D eigenvalue weighted by Gasteiger charge is -2.39. The second-order valence-corrected chi connectivity index (χ2v) is 7.74. The first-order chi connectivity index (χ1) is 13.0. The Labute approximate surface area is 166 Å². The molecule has 144 valence electrons. The highest BCUT2D eigenvalue weighted by Gasteiger charge is 2.26. The zero-order valence-electron chi connectivity index (χ0n) is 16.2. The third-order valence-electron chi connectivity index (χ3n) is 5.27. The summed E-state index contributed by atoms with van der Waals surface area (Å²) in [5, 5.41) is 3.40. The minimum atomic E-state index is -0.160. The van der Waals surface area contributed by atoms with E-state index in [1.807, 2.05) is 24.3 Å². The van der Waals surface area contributed by atoms with E-state index in [2.05, 4.69) is 41.0 Å². The van der Waals surface area contributed by atoms with Crippen molar-refractivity contribution in [2.45, 2.75) is 38.8 Å². The van der Waals surface area contributed by atoms with Gasteiger partial charge < -0.3 is 15.1 Å². The number of carbonyl (C=O) groups excluding carboxylic acids is 1. The number of benzene rings is 1. The number of nitrogens with one attached hydrogen (secondary N) is 1. The Bertz CT molecular complexity index is 770. The second-order valence-electron chi connectivity index (χ2n) is 7.30. The van der Waals surface area contributed by atoms with E-state index in [-0.39, 0.29) is 5.91 Å². The van der Waals surface area contributed by atoms with Gasteiger partial charge >= 0.3 is 0 Å². The Kier molecular flexibility index (Phi) is 6.34. The summed E-state index contributed by atoms with van der Waals surface area (Å²) < 4.78 is 0. The Balaban J connectivity index is 1.73. The van der Waals surface area contributed by atoms with Crippen LogP contribution in [0.4, 0.5) is 11.5 Å². The lowest BCUT2D eigenvalue weighted by atomic mass is 10.0. The SMILES string of the molecule is CC(C)N1CCC(N(C)c2ccccc2C(=O)Nc2ccc(Cl)cn2)CC1. The number of anilines is 2. The van der Waals surface area contributed by atoms with Gasteiger partial charge in [0.05, 0.1) is 10.6 Å². The molecule has 1 saturated heterocycles. The number of pyridine rings is 1. The Morgan fingerprint density at radius 1 is 1.22 bits per heavy atom. The standard InChI is InChI=1S/C21H27ClN4O/c1-15(2)26-12-10-17(11-13-26)25(3)19-7-5-4-6-18(19)21(27)24-20-9-8-16(22)14-23-20/h4-9,14-15,17H,10-13H2,1-3H3,(H,23,24,27). The van der Waals surface area contributed by atoms with Crippen LogP contribution < -0.4 is 10.2 Å². The first-order valence-corrected chi connectivity index (χ1v) is 9.82. The van der Waals surface area contributed by atoms with Gasteiger partial charge in [0, 0.05) is 44.1 Å². The molecule has 2 heterocycles. The van der Waals surface area contributed by atoms with Gasteiger partial charge in [-0.25, -0.2) is 4.98 Å². The molecule has 6 heteroatoms. The molecule has 0 saturated carbocycles. The van der Waals surface area contributed by atoms with Crippen molar-refractivity contribution in [1.29, 1.82) is 0 Å². The first-order valence-electron chi connectivity index (χ1n) is 9.44. The molecule has 1 aliphatic rings. The Morgan fingerprint density at radius 3 is 2.56 bits per heavy atom. The molecule has 27 heavy (non-hydrogen) atoms. The maximum Gasteiger partial charge on any atom is 0.258 e. The number of likely N-dealkylation sites (tertiary alicyclic amines) is 1. The van der Waals surface area contributed by atoms with Crippen LogP contribution in [0.1, 0.15) is 37.0 Å². The molecule has 1 fully saturated rings. The van der Waals surface area contributed by atoms with Gasteiger partial charge in [0.2, 0.25) is 0 Å². The number of amides is 1. The molecule has 5 nitrogen and oxygen atoms in total. The van der Waals surface area contributed by atoms with Crippen molar-refractivity contribution in [3.8, 4) is 0 Å². The van der Waals surface area contributed by atoms with Crippen LogP contribution in [0.3, 0.4) is 0 Å². The molecule has 1 aromatic carbocycles. The van der Waals surface area contributed by atoms with E-state index < -0.39 is 0 Å². The number of carbonyl (C=O) groups is 1. The number of para-hydroxylation sites is 1. The molecule has 0 radical (unpaired) electrons. The first kappa shape index (κ1) is 19.6. The maximum atomic E-state index is 12.8. The van der Waals surface area contributed by atoms with Gasteiger partial charge in [-0.05, 0) is 51.0 Å². The third-order valence-corrected chi connectivity index (χ3v) is 5.50. The van der Waals surface area contributed by atoms with Crippen LogP contribution in [-0.2, 0) is 0 Å². The number of nitrogens with zero attached hydrogens (tertiary/aromatic N) is 3. The van der Waals surface area contributed by atoms with E-state index in [1.165, 1.54) is 6.20 Å². The number of piperidine rings is 1. The van der Waals surface area contributed by atoms with Crippen molar-refractivity contribution < 1.29 is 4.79 Å². The lowest BCUT2D eigenvalue weighted by molar-refractivity contribution is 0.102. The summed E-state index contributed by atoms with van der Waals surface area (Å²) in [6.45, 7) is 6.68. The van der Waals surface area contributed by atoms with E-state index in [4.69, 9.17) is 11.6 Å². The fraction of sp³-hybridized carbons (Fsp3) is 0.429. The molecular weight excluding hydrogens is 360 g/mol. The van der Waals surface area contributed by atoms with Crippen LogP contribution in [0, 0.1) is 0 Å². The van der Waals surface area contributed by atoms with Crippen molar-refractivity contribution in [1.82, 2.24) is 9.88 Å².